The maximum absolute atomic E-state index is 12.3. The Kier molecular flexibility index (Phi) is 8.50. The Balaban J connectivity index is 1.63. The molecule has 35 heavy (non-hydrogen) atoms. The normalized spacial score (nSPS) is 16.5. The van der Waals surface area contributed by atoms with Crippen LogP contribution < -0.4 is 4.74 Å². The van der Waals surface area contributed by atoms with Crippen molar-refractivity contribution < 1.29 is 14.3 Å². The molecular formula is C28H30N2O3S2. The number of carbonyl (C=O) groups is 1. The van der Waals surface area contributed by atoms with Gasteiger partial charge in [0.1, 0.15) is 22.8 Å². The zero-order chi connectivity index (χ0) is 24.8. The molecular weight excluding hydrogens is 476 g/mol. The summed E-state index contributed by atoms with van der Waals surface area (Å²) in [7, 11) is 1.41. The maximum atomic E-state index is 12.3. The number of thiophene rings is 1. The summed E-state index contributed by atoms with van der Waals surface area (Å²) in [6.45, 7) is 5.92. The number of fused-ring (bicyclic) bond motifs is 1. The van der Waals surface area contributed by atoms with Crippen molar-refractivity contribution in [1.82, 2.24) is 4.31 Å². The minimum absolute atomic E-state index is 0.141. The molecule has 1 aliphatic heterocycles. The van der Waals surface area contributed by atoms with E-state index in [2.05, 4.69) is 48.5 Å². The number of hydrogen-bond donors (Lipinski definition) is 0. The molecule has 0 amide bonds. The lowest BCUT2D eigenvalue weighted by molar-refractivity contribution is -0.140. The van der Waals surface area contributed by atoms with Crippen LogP contribution in [0, 0.1) is 18.3 Å². The number of esters is 1. The number of nitrogens with zero attached hydrogens (tertiary/aromatic N) is 2. The number of nitriles is 1. The Labute approximate surface area is 215 Å². The van der Waals surface area contributed by atoms with Crippen molar-refractivity contribution in [2.75, 3.05) is 13.7 Å². The third kappa shape index (κ3) is 6.26. The quantitative estimate of drug-likeness (QED) is 0.250. The standard InChI is InChI=1S/C28H30N2O3S2/c1-4-7-22-18-30(35-27-9-6-5-8-25(27)33-22)17-21-14-20(11-10-19(21)2)24(15-28(31)32-3)26-13-12-23(16-29)34-26/h5-6,8-14,22,24H,4,7,15,17-18H2,1-3H3. The van der Waals surface area contributed by atoms with E-state index in [0.29, 0.717) is 4.88 Å². The maximum Gasteiger partial charge on any atom is 0.306 e. The van der Waals surface area contributed by atoms with E-state index in [9.17, 15) is 10.1 Å². The third-order valence-electron chi connectivity index (χ3n) is 6.19. The number of rotatable bonds is 8. The van der Waals surface area contributed by atoms with Gasteiger partial charge in [0.05, 0.1) is 18.4 Å². The van der Waals surface area contributed by atoms with Crippen LogP contribution >= 0.6 is 23.3 Å². The average molecular weight is 507 g/mol. The van der Waals surface area contributed by atoms with Gasteiger partial charge in [-0.1, -0.05) is 43.7 Å². The van der Waals surface area contributed by atoms with Crippen molar-refractivity contribution in [1.29, 1.82) is 5.26 Å². The molecule has 2 heterocycles. The zero-order valence-electron chi connectivity index (χ0n) is 20.3. The van der Waals surface area contributed by atoms with Gasteiger partial charge in [0, 0.05) is 23.9 Å². The first-order valence-electron chi connectivity index (χ1n) is 11.8. The van der Waals surface area contributed by atoms with Crippen LogP contribution in [0.3, 0.4) is 0 Å². The number of para-hydroxylation sites is 1. The van der Waals surface area contributed by atoms with Gasteiger partial charge in [-0.25, -0.2) is 4.31 Å². The van der Waals surface area contributed by atoms with Crippen LogP contribution in [0.4, 0.5) is 0 Å². The Hall–Kier alpha value is -2.79. The van der Waals surface area contributed by atoms with Crippen LogP contribution in [0.1, 0.15) is 58.5 Å². The highest BCUT2D eigenvalue weighted by atomic mass is 32.2. The third-order valence-corrected chi connectivity index (χ3v) is 8.36. The van der Waals surface area contributed by atoms with Crippen molar-refractivity contribution in [2.45, 2.75) is 56.6 Å². The fraction of sp³-hybridized carbons (Fsp3) is 0.357. The summed E-state index contributed by atoms with van der Waals surface area (Å²) in [5.74, 6) is 0.541. The van der Waals surface area contributed by atoms with E-state index < -0.39 is 0 Å². The van der Waals surface area contributed by atoms with Crippen LogP contribution in [-0.2, 0) is 16.1 Å². The molecule has 0 saturated carbocycles. The zero-order valence-corrected chi connectivity index (χ0v) is 22.0. The highest BCUT2D eigenvalue weighted by Gasteiger charge is 2.25. The van der Waals surface area contributed by atoms with Gasteiger partial charge in [0.2, 0.25) is 0 Å². The summed E-state index contributed by atoms with van der Waals surface area (Å²) < 4.78 is 13.7. The number of ether oxygens (including phenoxy) is 2. The number of hydrogen-bond acceptors (Lipinski definition) is 7. The van der Waals surface area contributed by atoms with E-state index in [4.69, 9.17) is 9.47 Å². The molecule has 182 valence electrons. The van der Waals surface area contributed by atoms with Crippen LogP contribution in [0.25, 0.3) is 0 Å². The molecule has 1 aliphatic rings. The summed E-state index contributed by atoms with van der Waals surface area (Å²) in [6.07, 6.45) is 2.45. The minimum atomic E-state index is -0.261. The fourth-order valence-corrected chi connectivity index (χ4v) is 6.32. The molecule has 0 N–H and O–H groups in total. The van der Waals surface area contributed by atoms with Crippen LogP contribution in [0.5, 0.6) is 5.75 Å². The second-order valence-corrected chi connectivity index (χ2v) is 11.0. The molecule has 0 spiro atoms. The van der Waals surface area contributed by atoms with Crippen LogP contribution in [0.15, 0.2) is 59.5 Å². The van der Waals surface area contributed by atoms with Gasteiger partial charge in [0.15, 0.2) is 0 Å². The smallest absolute Gasteiger partial charge is 0.306 e. The molecule has 0 bridgehead atoms. The van der Waals surface area contributed by atoms with Gasteiger partial charge < -0.3 is 9.47 Å². The molecule has 5 nitrogen and oxygen atoms in total. The van der Waals surface area contributed by atoms with E-state index in [1.165, 1.54) is 29.6 Å². The van der Waals surface area contributed by atoms with Gasteiger partial charge >= 0.3 is 5.97 Å². The predicted octanol–water partition coefficient (Wildman–Crippen LogP) is 6.69. The van der Waals surface area contributed by atoms with Crippen molar-refractivity contribution in [3.8, 4) is 11.8 Å². The van der Waals surface area contributed by atoms with Crippen LogP contribution in [0.2, 0.25) is 0 Å². The first-order valence-corrected chi connectivity index (χ1v) is 13.4. The molecule has 0 fully saturated rings. The largest absolute Gasteiger partial charge is 0.488 e. The molecule has 7 heteroatoms. The van der Waals surface area contributed by atoms with E-state index in [1.54, 1.807) is 11.9 Å². The second kappa shape index (κ2) is 11.8. The van der Waals surface area contributed by atoms with Crippen molar-refractivity contribution >= 4 is 29.3 Å². The first kappa shape index (κ1) is 25.3. The van der Waals surface area contributed by atoms with E-state index in [1.807, 2.05) is 30.3 Å². The van der Waals surface area contributed by atoms with Crippen molar-refractivity contribution in [3.05, 3.63) is 81.0 Å². The minimum Gasteiger partial charge on any atom is -0.488 e. The SMILES string of the molecule is CCCC1CN(Cc2cc(C(CC(=O)OC)c3ccc(C#N)s3)ccc2C)Sc2ccccc2O1. The van der Waals surface area contributed by atoms with Crippen molar-refractivity contribution in [3.63, 3.8) is 0 Å². The molecule has 2 unspecified atom stereocenters. The lowest BCUT2D eigenvalue weighted by atomic mass is 9.91. The summed E-state index contributed by atoms with van der Waals surface area (Å²) in [5, 5.41) is 9.30. The summed E-state index contributed by atoms with van der Waals surface area (Å²) in [5.41, 5.74) is 3.49. The van der Waals surface area contributed by atoms with Gasteiger partial charge in [-0.3, -0.25) is 4.79 Å². The second-order valence-electron chi connectivity index (χ2n) is 8.72. The lowest BCUT2D eigenvalue weighted by Crippen LogP contribution is -2.29. The monoisotopic (exact) mass is 506 g/mol. The summed E-state index contributed by atoms with van der Waals surface area (Å²) in [4.78, 5) is 15.0. The summed E-state index contributed by atoms with van der Waals surface area (Å²) >= 11 is 3.18. The molecule has 2 aromatic carbocycles. The highest BCUT2D eigenvalue weighted by molar-refractivity contribution is 7.97. The molecule has 4 rings (SSSR count). The number of carbonyl (C=O) groups excluding carboxylic acids is 1. The number of aryl methyl sites for hydroxylation is 1. The Morgan fingerprint density at radius 3 is 2.83 bits per heavy atom. The average Bonchev–Trinajstić information content (AvgIpc) is 3.27. The number of methoxy groups -OCH3 is 1. The van der Waals surface area contributed by atoms with E-state index in [-0.39, 0.29) is 24.4 Å². The number of benzene rings is 2. The predicted molar refractivity (Wildman–Crippen MR) is 141 cm³/mol. The van der Waals surface area contributed by atoms with E-state index >= 15 is 0 Å². The Bertz CT molecular complexity index is 1220. The first-order chi connectivity index (χ1) is 17.0. The summed E-state index contributed by atoms with van der Waals surface area (Å²) in [6, 6.07) is 20.6. The molecule has 0 saturated heterocycles. The van der Waals surface area contributed by atoms with Crippen LogP contribution in [-0.4, -0.2) is 30.0 Å². The van der Waals surface area contributed by atoms with E-state index in [0.717, 1.165) is 47.0 Å². The van der Waals surface area contributed by atoms with Gasteiger partial charge in [-0.15, -0.1) is 11.3 Å². The molecule has 1 aromatic heterocycles. The molecule has 0 aliphatic carbocycles. The van der Waals surface area contributed by atoms with Gasteiger partial charge in [-0.05, 0) is 66.2 Å². The molecule has 0 radical (unpaired) electrons. The van der Waals surface area contributed by atoms with Crippen molar-refractivity contribution in [2.24, 2.45) is 0 Å². The van der Waals surface area contributed by atoms with Gasteiger partial charge in [-0.2, -0.15) is 5.26 Å². The Morgan fingerprint density at radius 1 is 1.26 bits per heavy atom. The van der Waals surface area contributed by atoms with Gasteiger partial charge in [0.25, 0.3) is 0 Å². The highest BCUT2D eigenvalue weighted by Crippen LogP contribution is 2.38. The lowest BCUT2D eigenvalue weighted by Gasteiger charge is -2.24. The topological polar surface area (TPSA) is 62.6 Å². The molecule has 2 atom stereocenters. The molecule has 3 aromatic rings. The fourth-order valence-electron chi connectivity index (χ4n) is 4.31. The Morgan fingerprint density at radius 2 is 2.09 bits per heavy atom.